The van der Waals surface area contributed by atoms with Gasteiger partial charge >= 0.3 is 0 Å². The molecule has 99 valence electrons. The Balaban J connectivity index is 0.00000110. The van der Waals surface area contributed by atoms with E-state index < -0.39 is 0 Å². The molecule has 19 heavy (non-hydrogen) atoms. The Labute approximate surface area is 135 Å². The predicted octanol–water partition coefficient (Wildman–Crippen LogP) is 4.67. The summed E-state index contributed by atoms with van der Waals surface area (Å²) < 4.78 is 1.08. The van der Waals surface area contributed by atoms with E-state index in [1.54, 1.807) is 5.56 Å². The average Bonchev–Trinajstić information content (AvgIpc) is 3.00. The van der Waals surface area contributed by atoms with Crippen molar-refractivity contribution in [3.05, 3.63) is 52.1 Å². The van der Waals surface area contributed by atoms with E-state index in [1.165, 1.54) is 24.8 Å². The van der Waals surface area contributed by atoms with Crippen LogP contribution in [0, 0.1) is 6.07 Å². The number of pyridine rings is 1. The van der Waals surface area contributed by atoms with Crippen molar-refractivity contribution >= 4 is 15.9 Å². The molecule has 2 atom stereocenters. The maximum Gasteiger partial charge on any atom is 0.0198 e. The van der Waals surface area contributed by atoms with Gasteiger partial charge in [0.2, 0.25) is 0 Å². The van der Waals surface area contributed by atoms with E-state index in [9.17, 15) is 0 Å². The Hall–Kier alpha value is -0.501. The van der Waals surface area contributed by atoms with Gasteiger partial charge in [-0.25, -0.2) is 0 Å². The molecule has 1 nitrogen and oxygen atoms in total. The van der Waals surface area contributed by atoms with Crippen molar-refractivity contribution in [1.82, 2.24) is 4.98 Å². The van der Waals surface area contributed by atoms with E-state index >= 15 is 0 Å². The third-order valence-electron chi connectivity index (χ3n) is 4.32. The number of benzene rings is 1. The first-order valence-electron chi connectivity index (χ1n) is 6.49. The van der Waals surface area contributed by atoms with Crippen LogP contribution in [0.4, 0.5) is 0 Å². The van der Waals surface area contributed by atoms with Crippen LogP contribution in [0.5, 0.6) is 0 Å². The third-order valence-corrected chi connectivity index (χ3v) is 4.81. The molecule has 2 aromatic rings. The SMILES string of the molecule is Brc1cc[c-]c(-c2cc3c(cn2)C2CCC3C2)c1.[Ir]. The van der Waals surface area contributed by atoms with Crippen molar-refractivity contribution in [2.24, 2.45) is 0 Å². The Kier molecular flexibility index (Phi) is 3.63. The second-order valence-corrected chi connectivity index (χ2v) is 6.24. The molecular weight excluding hydrogens is 478 g/mol. The number of aromatic nitrogens is 1. The third kappa shape index (κ3) is 2.22. The van der Waals surface area contributed by atoms with Crippen LogP contribution >= 0.6 is 15.9 Å². The molecule has 0 spiro atoms. The van der Waals surface area contributed by atoms with Crippen LogP contribution in [0.15, 0.2) is 34.9 Å². The van der Waals surface area contributed by atoms with Gasteiger partial charge in [-0.3, -0.25) is 0 Å². The minimum absolute atomic E-state index is 0. The zero-order valence-electron chi connectivity index (χ0n) is 10.3. The number of halogens is 1. The molecular formula is C16H13BrIrN-. The van der Waals surface area contributed by atoms with E-state index in [1.807, 2.05) is 12.1 Å². The normalized spacial score (nSPS) is 23.0. The summed E-state index contributed by atoms with van der Waals surface area (Å²) in [6.45, 7) is 0. The number of nitrogens with zero attached hydrogens (tertiary/aromatic N) is 1. The van der Waals surface area contributed by atoms with Crippen molar-refractivity contribution in [2.45, 2.75) is 31.1 Å². The topological polar surface area (TPSA) is 12.9 Å². The van der Waals surface area contributed by atoms with Gasteiger partial charge in [0, 0.05) is 26.3 Å². The van der Waals surface area contributed by atoms with Gasteiger partial charge in [-0.1, -0.05) is 26.5 Å². The summed E-state index contributed by atoms with van der Waals surface area (Å²) in [6, 6.07) is 11.6. The van der Waals surface area contributed by atoms with E-state index in [0.29, 0.717) is 0 Å². The first-order valence-corrected chi connectivity index (χ1v) is 7.28. The van der Waals surface area contributed by atoms with Crippen molar-refractivity contribution < 1.29 is 20.1 Å². The zero-order chi connectivity index (χ0) is 12.1. The van der Waals surface area contributed by atoms with E-state index in [0.717, 1.165) is 27.6 Å². The number of hydrogen-bond acceptors (Lipinski definition) is 1. The van der Waals surface area contributed by atoms with E-state index in [4.69, 9.17) is 0 Å². The summed E-state index contributed by atoms with van der Waals surface area (Å²) in [5.41, 5.74) is 5.19. The van der Waals surface area contributed by atoms with Gasteiger partial charge in [0.15, 0.2) is 0 Å². The molecule has 4 rings (SSSR count). The van der Waals surface area contributed by atoms with Crippen LogP contribution in [0.1, 0.15) is 42.2 Å². The smallest absolute Gasteiger partial charge is 0.0198 e. The van der Waals surface area contributed by atoms with Gasteiger partial charge in [0.05, 0.1) is 0 Å². The summed E-state index contributed by atoms with van der Waals surface area (Å²) in [6.07, 6.45) is 6.18. The zero-order valence-corrected chi connectivity index (χ0v) is 14.3. The summed E-state index contributed by atoms with van der Waals surface area (Å²) >= 11 is 3.51. The summed E-state index contributed by atoms with van der Waals surface area (Å²) in [4.78, 5) is 4.63. The Morgan fingerprint density at radius 2 is 1.95 bits per heavy atom. The number of hydrogen-bond donors (Lipinski definition) is 0. The average molecular weight is 491 g/mol. The molecule has 1 fully saturated rings. The quantitative estimate of drug-likeness (QED) is 0.529. The van der Waals surface area contributed by atoms with Gasteiger partial charge in [-0.05, 0) is 47.9 Å². The van der Waals surface area contributed by atoms with Gasteiger partial charge in [-0.2, -0.15) is 0 Å². The predicted molar refractivity (Wildman–Crippen MR) is 75.5 cm³/mol. The fourth-order valence-corrected chi connectivity index (χ4v) is 3.82. The monoisotopic (exact) mass is 491 g/mol. The van der Waals surface area contributed by atoms with Crippen molar-refractivity contribution in [3.63, 3.8) is 0 Å². The fourth-order valence-electron chi connectivity index (χ4n) is 3.46. The molecule has 0 amide bonds. The number of rotatable bonds is 1. The van der Waals surface area contributed by atoms with Gasteiger partial charge < -0.3 is 4.98 Å². The molecule has 2 bridgehead atoms. The van der Waals surface area contributed by atoms with E-state index in [-0.39, 0.29) is 20.1 Å². The standard InChI is InChI=1S/C16H13BrN.Ir/c17-13-3-1-2-12(7-13)16-8-14-10-4-5-11(6-10)15(14)9-18-16;/h1,3,7-11H,4-6H2;/q-1;. The first kappa shape index (κ1) is 13.5. The molecule has 2 aliphatic carbocycles. The van der Waals surface area contributed by atoms with Crippen LogP contribution in [-0.2, 0) is 20.1 Å². The van der Waals surface area contributed by atoms with Crippen molar-refractivity contribution in [2.75, 3.05) is 0 Å². The summed E-state index contributed by atoms with van der Waals surface area (Å²) in [5, 5.41) is 0. The Bertz CT molecular complexity index is 626. The van der Waals surface area contributed by atoms with E-state index in [2.05, 4.69) is 45.3 Å². The summed E-state index contributed by atoms with van der Waals surface area (Å²) in [5.74, 6) is 1.58. The second kappa shape index (κ2) is 5.12. The maximum absolute atomic E-state index is 4.63. The largest absolute Gasteiger partial charge is 0.304 e. The number of fused-ring (bicyclic) bond motifs is 5. The van der Waals surface area contributed by atoms with Crippen LogP contribution in [0.25, 0.3) is 11.3 Å². The maximum atomic E-state index is 4.63. The molecule has 0 saturated heterocycles. The van der Waals surface area contributed by atoms with Crippen LogP contribution in [0.3, 0.4) is 0 Å². The molecule has 1 aromatic heterocycles. The molecule has 0 N–H and O–H groups in total. The Morgan fingerprint density at radius 3 is 2.74 bits per heavy atom. The molecule has 1 saturated carbocycles. The molecule has 2 unspecified atom stereocenters. The minimum Gasteiger partial charge on any atom is -0.304 e. The van der Waals surface area contributed by atoms with Crippen molar-refractivity contribution in [1.29, 1.82) is 0 Å². The first-order chi connectivity index (χ1) is 8.81. The van der Waals surface area contributed by atoms with Crippen molar-refractivity contribution in [3.8, 4) is 11.3 Å². The van der Waals surface area contributed by atoms with Crippen LogP contribution in [-0.4, -0.2) is 4.98 Å². The molecule has 0 aliphatic heterocycles. The fraction of sp³-hybridized carbons (Fsp3) is 0.312. The molecule has 1 heterocycles. The van der Waals surface area contributed by atoms with Crippen LogP contribution < -0.4 is 0 Å². The Morgan fingerprint density at radius 1 is 1.16 bits per heavy atom. The summed E-state index contributed by atoms with van der Waals surface area (Å²) in [7, 11) is 0. The molecule has 1 radical (unpaired) electrons. The van der Waals surface area contributed by atoms with Gasteiger partial charge in [-0.15, -0.1) is 29.8 Å². The molecule has 3 heteroatoms. The minimum atomic E-state index is 0. The second-order valence-electron chi connectivity index (χ2n) is 5.33. The van der Waals surface area contributed by atoms with Gasteiger partial charge in [0.25, 0.3) is 0 Å². The molecule has 2 aliphatic rings. The van der Waals surface area contributed by atoms with Gasteiger partial charge in [0.1, 0.15) is 0 Å². The molecule has 1 aromatic carbocycles. The van der Waals surface area contributed by atoms with Crippen LogP contribution in [0.2, 0.25) is 0 Å².